The van der Waals surface area contributed by atoms with Gasteiger partial charge in [0.25, 0.3) is 0 Å². The van der Waals surface area contributed by atoms with E-state index in [0.717, 1.165) is 37.0 Å². The number of benzene rings is 1. The zero-order valence-electron chi connectivity index (χ0n) is 13.5. The predicted octanol–water partition coefficient (Wildman–Crippen LogP) is 2.25. The summed E-state index contributed by atoms with van der Waals surface area (Å²) in [5, 5.41) is 7.39. The molecule has 0 spiro atoms. The van der Waals surface area contributed by atoms with Crippen LogP contribution in [0.25, 0.3) is 0 Å². The van der Waals surface area contributed by atoms with Crippen LogP contribution in [-0.2, 0) is 6.54 Å². The Morgan fingerprint density at radius 3 is 3.04 bits per heavy atom. The van der Waals surface area contributed by atoms with Crippen molar-refractivity contribution in [2.75, 3.05) is 27.2 Å². The Bertz CT molecular complexity index is 654. The first-order chi connectivity index (χ1) is 11.3. The molecule has 3 rings (SSSR count). The molecule has 1 aliphatic heterocycles. The van der Waals surface area contributed by atoms with Gasteiger partial charge in [0, 0.05) is 32.6 Å². The molecule has 1 aromatic heterocycles. The fraction of sp³-hybridized carbons (Fsp3) is 0.412. The van der Waals surface area contributed by atoms with Gasteiger partial charge in [-0.1, -0.05) is 23.4 Å². The summed E-state index contributed by atoms with van der Waals surface area (Å²) in [5.74, 6) is 2.27. The Kier molecular flexibility index (Phi) is 4.80. The summed E-state index contributed by atoms with van der Waals surface area (Å²) in [7, 11) is 3.78. The quantitative estimate of drug-likeness (QED) is 0.693. The largest absolute Gasteiger partial charge is 0.493 e. The topological polar surface area (TPSA) is 62.9 Å². The SMILES string of the molecule is CN=C(NCC1CCOc2ccccc21)N(C)Cc1ccon1. The van der Waals surface area contributed by atoms with Crippen LogP contribution < -0.4 is 10.1 Å². The molecule has 6 nitrogen and oxygen atoms in total. The highest BCUT2D eigenvalue weighted by Gasteiger charge is 2.21. The van der Waals surface area contributed by atoms with Crippen molar-refractivity contribution < 1.29 is 9.26 Å². The molecule has 1 aromatic carbocycles. The third kappa shape index (κ3) is 3.64. The smallest absolute Gasteiger partial charge is 0.193 e. The first kappa shape index (κ1) is 15.4. The van der Waals surface area contributed by atoms with Gasteiger partial charge >= 0.3 is 0 Å². The van der Waals surface area contributed by atoms with Gasteiger partial charge in [-0.05, 0) is 18.1 Å². The van der Waals surface area contributed by atoms with Crippen LogP contribution in [0.1, 0.15) is 23.6 Å². The predicted molar refractivity (Wildman–Crippen MR) is 88.6 cm³/mol. The zero-order chi connectivity index (χ0) is 16.1. The Hall–Kier alpha value is -2.50. The number of hydrogen-bond donors (Lipinski definition) is 1. The third-order valence-corrected chi connectivity index (χ3v) is 4.05. The van der Waals surface area contributed by atoms with Crippen LogP contribution >= 0.6 is 0 Å². The molecule has 0 fully saturated rings. The van der Waals surface area contributed by atoms with E-state index in [1.165, 1.54) is 5.56 Å². The Morgan fingerprint density at radius 1 is 1.39 bits per heavy atom. The van der Waals surface area contributed by atoms with Crippen LogP contribution in [-0.4, -0.2) is 43.3 Å². The number of ether oxygens (including phenoxy) is 1. The van der Waals surface area contributed by atoms with Gasteiger partial charge < -0.3 is 19.5 Å². The first-order valence-electron chi connectivity index (χ1n) is 7.80. The molecule has 0 bridgehead atoms. The van der Waals surface area contributed by atoms with E-state index in [1.807, 2.05) is 30.1 Å². The van der Waals surface area contributed by atoms with Crippen LogP contribution in [0.2, 0.25) is 0 Å². The minimum Gasteiger partial charge on any atom is -0.493 e. The highest BCUT2D eigenvalue weighted by molar-refractivity contribution is 5.79. The standard InChI is InChI=1S/C17H22N4O2/c1-18-17(21(2)12-14-8-10-23-20-14)19-11-13-7-9-22-16-6-4-3-5-15(13)16/h3-6,8,10,13H,7,9,11-12H2,1-2H3,(H,18,19). The second-order valence-electron chi connectivity index (χ2n) is 5.65. The number of fused-ring (bicyclic) bond motifs is 1. The van der Waals surface area contributed by atoms with Crippen LogP contribution in [0.15, 0.2) is 46.1 Å². The van der Waals surface area contributed by atoms with Crippen molar-refractivity contribution in [2.45, 2.75) is 18.9 Å². The van der Waals surface area contributed by atoms with E-state index in [9.17, 15) is 0 Å². The Morgan fingerprint density at radius 2 is 2.26 bits per heavy atom. The molecule has 0 radical (unpaired) electrons. The van der Waals surface area contributed by atoms with Gasteiger partial charge in [0.1, 0.15) is 17.7 Å². The summed E-state index contributed by atoms with van der Waals surface area (Å²) in [5.41, 5.74) is 2.15. The highest BCUT2D eigenvalue weighted by atomic mass is 16.5. The minimum absolute atomic E-state index is 0.428. The number of guanidine groups is 1. The van der Waals surface area contributed by atoms with E-state index >= 15 is 0 Å². The number of nitrogens with one attached hydrogen (secondary N) is 1. The molecule has 0 saturated heterocycles. The summed E-state index contributed by atoms with van der Waals surface area (Å²) in [6, 6.07) is 10.1. The number of nitrogens with zero attached hydrogens (tertiary/aromatic N) is 3. The summed E-state index contributed by atoms with van der Waals surface area (Å²) in [6.07, 6.45) is 2.59. The molecule has 0 amide bonds. The normalized spacial score (nSPS) is 17.3. The first-order valence-corrected chi connectivity index (χ1v) is 7.80. The third-order valence-electron chi connectivity index (χ3n) is 4.05. The lowest BCUT2D eigenvalue weighted by atomic mass is 9.93. The molecule has 6 heteroatoms. The molecule has 0 saturated carbocycles. The van der Waals surface area contributed by atoms with Crippen LogP contribution in [0.4, 0.5) is 0 Å². The average molecular weight is 314 g/mol. The zero-order valence-corrected chi connectivity index (χ0v) is 13.5. The van der Waals surface area contributed by atoms with Gasteiger partial charge in [0.15, 0.2) is 5.96 Å². The van der Waals surface area contributed by atoms with Crippen LogP contribution in [0.5, 0.6) is 5.75 Å². The fourth-order valence-corrected chi connectivity index (χ4v) is 2.86. The van der Waals surface area contributed by atoms with Gasteiger partial charge in [0.05, 0.1) is 13.2 Å². The second-order valence-corrected chi connectivity index (χ2v) is 5.65. The number of rotatable bonds is 4. The molecule has 2 aromatic rings. The van der Waals surface area contributed by atoms with E-state index in [-0.39, 0.29) is 0 Å². The number of para-hydroxylation sites is 1. The van der Waals surface area contributed by atoms with Gasteiger partial charge in [-0.25, -0.2) is 0 Å². The van der Waals surface area contributed by atoms with E-state index in [0.29, 0.717) is 12.5 Å². The molecule has 23 heavy (non-hydrogen) atoms. The van der Waals surface area contributed by atoms with E-state index in [1.54, 1.807) is 13.3 Å². The van der Waals surface area contributed by atoms with Gasteiger partial charge in [-0.2, -0.15) is 0 Å². The molecular weight excluding hydrogens is 292 g/mol. The van der Waals surface area contributed by atoms with Gasteiger partial charge in [0.2, 0.25) is 0 Å². The fourth-order valence-electron chi connectivity index (χ4n) is 2.86. The van der Waals surface area contributed by atoms with E-state index in [2.05, 4.69) is 27.6 Å². The van der Waals surface area contributed by atoms with Gasteiger partial charge in [-0.3, -0.25) is 4.99 Å². The molecule has 1 aliphatic rings. The maximum Gasteiger partial charge on any atom is 0.193 e. The van der Waals surface area contributed by atoms with Crippen molar-refractivity contribution in [3.05, 3.63) is 47.9 Å². The van der Waals surface area contributed by atoms with Crippen LogP contribution in [0, 0.1) is 0 Å². The summed E-state index contributed by atoms with van der Waals surface area (Å²) < 4.78 is 10.6. The Balaban J connectivity index is 1.60. The van der Waals surface area contributed by atoms with Crippen molar-refractivity contribution in [1.29, 1.82) is 0 Å². The summed E-state index contributed by atoms with van der Waals surface area (Å²) in [6.45, 7) is 2.24. The van der Waals surface area contributed by atoms with Crippen molar-refractivity contribution in [1.82, 2.24) is 15.4 Å². The summed E-state index contributed by atoms with van der Waals surface area (Å²) >= 11 is 0. The van der Waals surface area contributed by atoms with Crippen molar-refractivity contribution >= 4 is 5.96 Å². The van der Waals surface area contributed by atoms with E-state index < -0.39 is 0 Å². The lowest BCUT2D eigenvalue weighted by Gasteiger charge is -2.28. The van der Waals surface area contributed by atoms with Crippen LogP contribution in [0.3, 0.4) is 0 Å². The number of hydrogen-bond acceptors (Lipinski definition) is 4. The highest BCUT2D eigenvalue weighted by Crippen LogP contribution is 2.32. The molecule has 122 valence electrons. The molecule has 1 unspecified atom stereocenters. The number of aromatic nitrogens is 1. The van der Waals surface area contributed by atoms with Crippen molar-refractivity contribution in [2.24, 2.45) is 4.99 Å². The van der Waals surface area contributed by atoms with Gasteiger partial charge in [-0.15, -0.1) is 0 Å². The molecule has 1 N–H and O–H groups in total. The average Bonchev–Trinajstić information content (AvgIpc) is 3.08. The number of aliphatic imine (C=N–C) groups is 1. The Labute approximate surface area is 136 Å². The maximum absolute atomic E-state index is 5.72. The lowest BCUT2D eigenvalue weighted by Crippen LogP contribution is -2.41. The molecule has 0 aliphatic carbocycles. The second kappa shape index (κ2) is 7.17. The minimum atomic E-state index is 0.428. The summed E-state index contributed by atoms with van der Waals surface area (Å²) in [4.78, 5) is 6.38. The monoisotopic (exact) mass is 314 g/mol. The maximum atomic E-state index is 5.72. The lowest BCUT2D eigenvalue weighted by molar-refractivity contribution is 0.266. The molecular formula is C17H22N4O2. The molecule has 2 heterocycles. The van der Waals surface area contributed by atoms with Crippen molar-refractivity contribution in [3.63, 3.8) is 0 Å². The van der Waals surface area contributed by atoms with Crippen molar-refractivity contribution in [3.8, 4) is 5.75 Å². The van der Waals surface area contributed by atoms with E-state index in [4.69, 9.17) is 9.26 Å². The molecule has 1 atom stereocenters.